The van der Waals surface area contributed by atoms with Crippen molar-refractivity contribution in [2.45, 2.75) is 20.8 Å². The van der Waals surface area contributed by atoms with E-state index in [1.165, 1.54) is 0 Å². The van der Waals surface area contributed by atoms with E-state index in [0.717, 1.165) is 20.8 Å². The summed E-state index contributed by atoms with van der Waals surface area (Å²) in [5.41, 5.74) is 0. The van der Waals surface area contributed by atoms with Gasteiger partial charge in [-0.3, -0.25) is 14.4 Å². The molecule has 23 heteroatoms. The van der Waals surface area contributed by atoms with Crippen LogP contribution in [0.5, 0.6) is 0 Å². The summed E-state index contributed by atoms with van der Waals surface area (Å²) in [6, 6.07) is 0. The van der Waals surface area contributed by atoms with Crippen LogP contribution in [0.4, 0.5) is 0 Å². The van der Waals surface area contributed by atoms with E-state index in [2.05, 4.69) is 0 Å². The van der Waals surface area contributed by atoms with Gasteiger partial charge in [0, 0.05) is 20.8 Å². The molecule has 0 bridgehead atoms. The fraction of sp³-hybridized carbons (Fsp3) is 0.333. The normalized spacial score (nSPS) is 10.0. The summed E-state index contributed by atoms with van der Waals surface area (Å²) in [7, 11) is 0. The van der Waals surface area contributed by atoms with Crippen LogP contribution in [-0.4, -0.2) is 75.2 Å². The monoisotopic (exact) mass is 616 g/mol. The molecule has 3 atom stereocenters. The summed E-state index contributed by atoms with van der Waals surface area (Å²) < 4.78 is 72.2. The summed E-state index contributed by atoms with van der Waals surface area (Å²) in [6.07, 6.45) is 0. The van der Waals surface area contributed by atoms with Gasteiger partial charge in [0.2, 0.25) is 0 Å². The Hall–Kier alpha value is -1.33. The molecular formula is C9H12Fe2O18S3. The van der Waals surface area contributed by atoms with Crippen LogP contribution in [0, 0.1) is 0 Å². The quantitative estimate of drug-likeness (QED) is 0.151. The number of Topliss-reactive ketones (excluding diaryl/α,β-unsaturated/α-hetero) is 3. The minimum absolute atomic E-state index is 0. The molecule has 3 unspecified atom stereocenters. The predicted molar refractivity (Wildman–Crippen MR) is 81.7 cm³/mol. The van der Waals surface area contributed by atoms with Gasteiger partial charge in [-0.05, 0) is 0 Å². The van der Waals surface area contributed by atoms with Crippen LogP contribution in [0.15, 0.2) is 0 Å². The van der Waals surface area contributed by atoms with Crippen LogP contribution in [0.25, 0.3) is 0 Å². The second-order valence-corrected chi connectivity index (χ2v) is 4.48. The van der Waals surface area contributed by atoms with E-state index in [0.29, 0.717) is 0 Å². The predicted octanol–water partition coefficient (Wildman–Crippen LogP) is -7.01. The van der Waals surface area contributed by atoms with E-state index in [-0.39, 0.29) is 34.1 Å². The van der Waals surface area contributed by atoms with Crippen molar-refractivity contribution in [1.29, 1.82) is 0 Å². The third kappa shape index (κ3) is 193. The summed E-state index contributed by atoms with van der Waals surface area (Å²) >= 11 is -8.58. The number of carboxylic acids is 3. The summed E-state index contributed by atoms with van der Waals surface area (Å²) in [5, 5.41) is 27.7. The van der Waals surface area contributed by atoms with Crippen LogP contribution >= 0.6 is 0 Å². The summed E-state index contributed by atoms with van der Waals surface area (Å²) in [6.45, 7) is 2.82. The first-order valence-corrected chi connectivity index (χ1v) is 8.73. The third-order valence-corrected chi connectivity index (χ3v) is 0.862. The van der Waals surface area contributed by atoms with E-state index in [9.17, 15) is 44.1 Å². The zero-order valence-electron chi connectivity index (χ0n) is 15.4. The van der Waals surface area contributed by atoms with Gasteiger partial charge in [0.25, 0.3) is 0 Å². The molecule has 0 aromatic heterocycles. The standard InChI is InChI=1S/3C3H4O3.2Fe.3H2O3S/c3*1-2(4)3(5)6;;;3*1-4(2)3/h3*1H3,(H,5,6);;;3*(H2,1,2,3)/q;;;2*+3;;;/p-6. The fourth-order valence-electron chi connectivity index (χ4n) is 0. The van der Waals surface area contributed by atoms with Gasteiger partial charge in [0.15, 0.2) is 17.3 Å². The number of carboxylic acid groups (broad SMARTS) is 3. The zero-order chi connectivity index (χ0) is 26.2. The molecule has 0 rings (SSSR count). The molecule has 3 N–H and O–H groups in total. The number of aliphatic carboxylic acids is 3. The van der Waals surface area contributed by atoms with E-state index in [1.807, 2.05) is 0 Å². The number of carbonyl (C=O) groups excluding carboxylic acids is 6. The summed E-state index contributed by atoms with van der Waals surface area (Å²) in [4.78, 5) is 56.2. The van der Waals surface area contributed by atoms with Gasteiger partial charge in [0.1, 0.15) is 17.9 Å². The average Bonchev–Trinajstić information content (AvgIpc) is 2.46. The van der Waals surface area contributed by atoms with Gasteiger partial charge in [-0.2, -0.15) is 0 Å². The third-order valence-electron chi connectivity index (χ3n) is 0.862. The van der Waals surface area contributed by atoms with Crippen molar-refractivity contribution >= 4 is 69.3 Å². The zero-order valence-corrected chi connectivity index (χ0v) is 20.1. The Balaban J connectivity index is -0.0000000359. The smallest absolute Gasteiger partial charge is 0.750 e. The molecule has 0 spiro atoms. The number of hydrogen-bond acceptors (Lipinski definition) is 15. The Bertz CT molecular complexity index is 502. The molecule has 2 radical (unpaired) electrons. The van der Waals surface area contributed by atoms with Crippen LogP contribution in [0.3, 0.4) is 0 Å². The van der Waals surface area contributed by atoms with E-state index < -0.39 is 69.3 Å². The van der Waals surface area contributed by atoms with E-state index in [1.54, 1.807) is 0 Å². The molecule has 0 aliphatic carbocycles. The van der Waals surface area contributed by atoms with Crippen LogP contribution < -0.4 is 15.3 Å². The van der Waals surface area contributed by atoms with Gasteiger partial charge < -0.3 is 57.0 Å². The van der Waals surface area contributed by atoms with E-state index in [4.69, 9.17) is 39.9 Å². The first-order valence-electron chi connectivity index (χ1n) is 5.63. The molecule has 32 heavy (non-hydrogen) atoms. The van der Waals surface area contributed by atoms with Gasteiger partial charge in [-0.15, -0.1) is 0 Å². The van der Waals surface area contributed by atoms with Crippen LogP contribution in [0.1, 0.15) is 20.8 Å². The number of hydrogen-bond donors (Lipinski definition) is 3. The molecule has 0 aliphatic heterocycles. The molecular weight excluding hydrogens is 604 g/mol. The Morgan fingerprint density at radius 3 is 0.531 bits per heavy atom. The molecule has 0 aromatic carbocycles. The Kier molecular flexibility index (Phi) is 60.8. The van der Waals surface area contributed by atoms with E-state index >= 15 is 0 Å². The van der Waals surface area contributed by atoms with Crippen molar-refractivity contribution in [2.24, 2.45) is 0 Å². The van der Waals surface area contributed by atoms with Crippen molar-refractivity contribution in [1.82, 2.24) is 0 Å². The molecule has 0 saturated carbocycles. The first kappa shape index (κ1) is 52.5. The Morgan fingerprint density at radius 1 is 0.500 bits per heavy atom. The van der Waals surface area contributed by atoms with Crippen molar-refractivity contribution < 1.29 is 118 Å². The van der Waals surface area contributed by atoms with Gasteiger partial charge in [0.05, 0.1) is 34.1 Å². The maximum atomic E-state index is 9.48. The minimum Gasteiger partial charge on any atom is -0.750 e. The van der Waals surface area contributed by atoms with Crippen molar-refractivity contribution in [3.63, 3.8) is 0 Å². The molecule has 0 fully saturated rings. The fourth-order valence-corrected chi connectivity index (χ4v) is 0. The van der Waals surface area contributed by atoms with Crippen molar-refractivity contribution in [3.8, 4) is 0 Å². The van der Waals surface area contributed by atoms with Crippen LogP contribution in [-0.2, 0) is 97.0 Å². The maximum absolute atomic E-state index is 9.48. The van der Waals surface area contributed by atoms with Crippen molar-refractivity contribution in [3.05, 3.63) is 0 Å². The number of rotatable bonds is 3. The molecule has 0 aliphatic rings. The molecule has 0 aromatic rings. The summed E-state index contributed by atoms with van der Waals surface area (Å²) in [5.74, 6) is -7.69. The van der Waals surface area contributed by atoms with Gasteiger partial charge >= 0.3 is 34.1 Å². The SMILES string of the molecule is CC(=O)C(=O)[O-].CC(=O)C(=O)[O-].CC(=O)C(=O)[O-].O=S([O-])O.O=S([O-])O.O=S([O-])O.[Fe+3].[Fe+3]. The second kappa shape index (κ2) is 37.0. The molecule has 0 saturated heterocycles. The molecule has 0 amide bonds. The number of carbonyl (C=O) groups is 6. The number of ketones is 3. The Labute approximate surface area is 207 Å². The van der Waals surface area contributed by atoms with Crippen LogP contribution in [0.2, 0.25) is 0 Å². The molecule has 190 valence electrons. The second-order valence-electron chi connectivity index (χ2n) is 3.18. The topological polar surface area (TPSA) is 353 Å². The largest absolute Gasteiger partial charge is 3.00 e. The van der Waals surface area contributed by atoms with Gasteiger partial charge in [-0.1, -0.05) is 0 Å². The molecule has 0 heterocycles. The van der Waals surface area contributed by atoms with Gasteiger partial charge in [-0.25, -0.2) is 12.6 Å². The first-order chi connectivity index (χ1) is 13.1. The minimum atomic E-state index is -2.86. The Morgan fingerprint density at radius 2 is 0.531 bits per heavy atom. The molecule has 18 nitrogen and oxygen atoms in total. The maximum Gasteiger partial charge on any atom is 3.00 e. The average molecular weight is 616 g/mol. The van der Waals surface area contributed by atoms with Crippen molar-refractivity contribution in [2.75, 3.05) is 0 Å².